The molecule has 1 aliphatic carbocycles. The average Bonchev–Trinajstić information content (AvgIpc) is 3.20. The van der Waals surface area contributed by atoms with Crippen LogP contribution in [0, 0.1) is 17.2 Å². The van der Waals surface area contributed by atoms with Gasteiger partial charge < -0.3 is 10.2 Å². The number of nitrogens with zero attached hydrogens (tertiary/aromatic N) is 3. The van der Waals surface area contributed by atoms with Crippen LogP contribution in [0.3, 0.4) is 0 Å². The molecule has 0 aromatic carbocycles. The van der Waals surface area contributed by atoms with Crippen molar-refractivity contribution in [3.63, 3.8) is 0 Å². The van der Waals surface area contributed by atoms with E-state index in [9.17, 15) is 5.26 Å². The third-order valence-electron chi connectivity index (χ3n) is 4.64. The van der Waals surface area contributed by atoms with Crippen molar-refractivity contribution in [1.82, 2.24) is 15.1 Å². The van der Waals surface area contributed by atoms with E-state index in [0.29, 0.717) is 12.0 Å². The van der Waals surface area contributed by atoms with Crippen LogP contribution in [0.15, 0.2) is 0 Å². The highest BCUT2D eigenvalue weighted by Gasteiger charge is 2.46. The summed E-state index contributed by atoms with van der Waals surface area (Å²) >= 11 is 0. The van der Waals surface area contributed by atoms with Gasteiger partial charge in [-0.05, 0) is 59.3 Å². The van der Waals surface area contributed by atoms with E-state index in [4.69, 9.17) is 0 Å². The number of hydrogen-bond donors (Lipinski definition) is 1. The molecule has 0 bridgehead atoms. The second kappa shape index (κ2) is 5.56. The first kappa shape index (κ1) is 13.8. The van der Waals surface area contributed by atoms with Crippen LogP contribution in [0.25, 0.3) is 0 Å². The molecule has 0 amide bonds. The van der Waals surface area contributed by atoms with E-state index in [0.717, 1.165) is 13.1 Å². The van der Waals surface area contributed by atoms with Crippen molar-refractivity contribution >= 4 is 0 Å². The zero-order valence-electron chi connectivity index (χ0n) is 11.9. The number of rotatable bonds is 5. The molecule has 2 unspecified atom stereocenters. The van der Waals surface area contributed by atoms with Crippen LogP contribution in [0.4, 0.5) is 0 Å². The van der Waals surface area contributed by atoms with Crippen LogP contribution in [-0.4, -0.2) is 62.2 Å². The smallest absolute Gasteiger partial charge is 0.122 e. The van der Waals surface area contributed by atoms with E-state index >= 15 is 0 Å². The fourth-order valence-electron chi connectivity index (χ4n) is 3.19. The molecule has 2 atom stereocenters. The Morgan fingerprint density at radius 2 is 2.17 bits per heavy atom. The molecule has 4 heteroatoms. The predicted molar refractivity (Wildman–Crippen MR) is 73.3 cm³/mol. The quantitative estimate of drug-likeness (QED) is 0.787. The molecule has 0 aromatic heterocycles. The molecular formula is C14H26N4. The van der Waals surface area contributed by atoms with Crippen LogP contribution in [0.2, 0.25) is 0 Å². The lowest BCUT2D eigenvalue weighted by atomic mass is 9.93. The Morgan fingerprint density at radius 3 is 2.67 bits per heavy atom. The van der Waals surface area contributed by atoms with Gasteiger partial charge in [-0.1, -0.05) is 0 Å². The maximum Gasteiger partial charge on any atom is 0.122 e. The van der Waals surface area contributed by atoms with Crippen LogP contribution >= 0.6 is 0 Å². The average molecular weight is 250 g/mol. The van der Waals surface area contributed by atoms with Gasteiger partial charge in [0.05, 0.1) is 6.07 Å². The largest absolute Gasteiger partial charge is 0.305 e. The molecule has 2 fully saturated rings. The fourth-order valence-corrected chi connectivity index (χ4v) is 3.19. The molecule has 1 heterocycles. The standard InChI is InChI=1S/C14H26N4/c1-16-14(10-15,12-6-7-12)11-18(3)13-5-4-8-17(2)9-13/h12-13,16H,4-9,11H2,1-3H3. The van der Waals surface area contributed by atoms with Crippen molar-refractivity contribution in [1.29, 1.82) is 5.26 Å². The molecule has 2 aliphatic rings. The minimum Gasteiger partial charge on any atom is -0.305 e. The maximum absolute atomic E-state index is 9.54. The highest BCUT2D eigenvalue weighted by atomic mass is 15.2. The lowest BCUT2D eigenvalue weighted by Gasteiger charge is -2.39. The van der Waals surface area contributed by atoms with Crippen LogP contribution in [0.5, 0.6) is 0 Å². The van der Waals surface area contributed by atoms with Gasteiger partial charge in [0.1, 0.15) is 5.54 Å². The third-order valence-corrected chi connectivity index (χ3v) is 4.64. The SMILES string of the molecule is CNC(C#N)(CN(C)C1CCCN(C)C1)C1CC1. The van der Waals surface area contributed by atoms with Gasteiger partial charge in [-0.15, -0.1) is 0 Å². The van der Waals surface area contributed by atoms with Gasteiger partial charge >= 0.3 is 0 Å². The van der Waals surface area contributed by atoms with Crippen molar-refractivity contribution in [2.75, 3.05) is 40.8 Å². The molecule has 0 radical (unpaired) electrons. The van der Waals surface area contributed by atoms with E-state index in [1.165, 1.54) is 32.2 Å². The Labute approximate surface area is 111 Å². The van der Waals surface area contributed by atoms with Crippen molar-refractivity contribution in [3.05, 3.63) is 0 Å². The van der Waals surface area contributed by atoms with E-state index < -0.39 is 0 Å². The minimum atomic E-state index is -0.329. The van der Waals surface area contributed by atoms with E-state index in [-0.39, 0.29) is 5.54 Å². The van der Waals surface area contributed by atoms with Gasteiger partial charge in [0.2, 0.25) is 0 Å². The van der Waals surface area contributed by atoms with E-state index in [1.54, 1.807) is 0 Å². The summed E-state index contributed by atoms with van der Waals surface area (Å²) in [5.74, 6) is 0.552. The Bertz CT molecular complexity index is 320. The van der Waals surface area contributed by atoms with Gasteiger partial charge in [-0.2, -0.15) is 5.26 Å². The highest BCUT2D eigenvalue weighted by Crippen LogP contribution is 2.40. The van der Waals surface area contributed by atoms with Crippen LogP contribution < -0.4 is 5.32 Å². The van der Waals surface area contributed by atoms with Crippen molar-refractivity contribution in [3.8, 4) is 6.07 Å². The molecular weight excluding hydrogens is 224 g/mol. The zero-order chi connectivity index (χ0) is 13.2. The van der Waals surface area contributed by atoms with Crippen molar-refractivity contribution in [2.24, 2.45) is 5.92 Å². The first-order chi connectivity index (χ1) is 8.61. The van der Waals surface area contributed by atoms with Gasteiger partial charge in [0.15, 0.2) is 0 Å². The monoisotopic (exact) mass is 250 g/mol. The minimum absolute atomic E-state index is 0.329. The second-order valence-electron chi connectivity index (χ2n) is 6.08. The third kappa shape index (κ3) is 2.85. The van der Waals surface area contributed by atoms with Crippen LogP contribution in [-0.2, 0) is 0 Å². The number of piperidine rings is 1. The number of likely N-dealkylation sites (N-methyl/N-ethyl adjacent to an activating group) is 3. The van der Waals surface area contributed by atoms with Gasteiger partial charge in [-0.3, -0.25) is 4.90 Å². The number of hydrogen-bond acceptors (Lipinski definition) is 4. The number of nitrogens with one attached hydrogen (secondary N) is 1. The van der Waals surface area contributed by atoms with Gasteiger partial charge in [0, 0.05) is 19.1 Å². The lowest BCUT2D eigenvalue weighted by Crippen LogP contribution is -2.56. The summed E-state index contributed by atoms with van der Waals surface area (Å²) in [6.45, 7) is 3.19. The number of nitriles is 1. The van der Waals surface area contributed by atoms with Gasteiger partial charge in [0.25, 0.3) is 0 Å². The van der Waals surface area contributed by atoms with Crippen molar-refractivity contribution in [2.45, 2.75) is 37.3 Å². The molecule has 1 saturated carbocycles. The second-order valence-corrected chi connectivity index (χ2v) is 6.08. The summed E-state index contributed by atoms with van der Waals surface area (Å²) < 4.78 is 0. The summed E-state index contributed by atoms with van der Waals surface area (Å²) in [6, 6.07) is 3.14. The summed E-state index contributed by atoms with van der Waals surface area (Å²) in [4.78, 5) is 4.79. The van der Waals surface area contributed by atoms with Crippen molar-refractivity contribution < 1.29 is 0 Å². The first-order valence-corrected chi connectivity index (χ1v) is 7.10. The topological polar surface area (TPSA) is 42.3 Å². The Morgan fingerprint density at radius 1 is 1.44 bits per heavy atom. The Kier molecular flexibility index (Phi) is 4.26. The molecule has 1 saturated heterocycles. The number of likely N-dealkylation sites (tertiary alicyclic amines) is 1. The van der Waals surface area contributed by atoms with E-state index in [2.05, 4.69) is 35.3 Å². The van der Waals surface area contributed by atoms with Gasteiger partial charge in [-0.25, -0.2) is 0 Å². The lowest BCUT2D eigenvalue weighted by molar-refractivity contribution is 0.111. The Hall–Kier alpha value is -0.630. The molecule has 102 valence electrons. The Balaban J connectivity index is 1.96. The summed E-state index contributed by atoms with van der Waals surface area (Å²) in [7, 11) is 6.30. The van der Waals surface area contributed by atoms with E-state index in [1.807, 2.05) is 7.05 Å². The highest BCUT2D eigenvalue weighted by molar-refractivity contribution is 5.16. The summed E-state index contributed by atoms with van der Waals surface area (Å²) in [6.07, 6.45) is 4.93. The molecule has 1 N–H and O–H groups in total. The molecule has 0 aromatic rings. The summed E-state index contributed by atoms with van der Waals surface area (Å²) in [5, 5.41) is 12.8. The fraction of sp³-hybridized carbons (Fsp3) is 0.929. The zero-order valence-corrected chi connectivity index (χ0v) is 11.9. The first-order valence-electron chi connectivity index (χ1n) is 7.10. The molecule has 2 rings (SSSR count). The molecule has 18 heavy (non-hydrogen) atoms. The normalized spacial score (nSPS) is 28.9. The molecule has 1 aliphatic heterocycles. The maximum atomic E-state index is 9.54. The molecule has 0 spiro atoms. The van der Waals surface area contributed by atoms with Crippen LogP contribution in [0.1, 0.15) is 25.7 Å². The summed E-state index contributed by atoms with van der Waals surface area (Å²) in [5.41, 5.74) is -0.329. The predicted octanol–water partition coefficient (Wildman–Crippen LogP) is 0.904. The molecule has 4 nitrogen and oxygen atoms in total.